The van der Waals surface area contributed by atoms with Gasteiger partial charge in [0.05, 0.1) is 18.7 Å². The quantitative estimate of drug-likeness (QED) is 0.776. The van der Waals surface area contributed by atoms with Crippen molar-refractivity contribution in [3.63, 3.8) is 0 Å². The highest BCUT2D eigenvalue weighted by Gasteiger charge is 2.23. The van der Waals surface area contributed by atoms with Gasteiger partial charge in [0, 0.05) is 18.2 Å². The maximum atomic E-state index is 11.9. The van der Waals surface area contributed by atoms with E-state index in [1.807, 2.05) is 0 Å². The van der Waals surface area contributed by atoms with Gasteiger partial charge in [0.2, 0.25) is 5.91 Å². The van der Waals surface area contributed by atoms with Gasteiger partial charge >= 0.3 is 5.97 Å². The molecule has 0 unspecified atom stereocenters. The predicted molar refractivity (Wildman–Crippen MR) is 65.6 cm³/mol. The Labute approximate surface area is 104 Å². The third-order valence-electron chi connectivity index (χ3n) is 2.70. The molecule has 0 bridgehead atoms. The average Bonchev–Trinajstić information content (AvgIpc) is 2.34. The smallest absolute Gasteiger partial charge is 0.303 e. The molecule has 0 spiro atoms. The zero-order chi connectivity index (χ0) is 13.1. The van der Waals surface area contributed by atoms with Gasteiger partial charge in [-0.05, 0) is 12.1 Å². The molecule has 1 amide bonds. The fourth-order valence-corrected chi connectivity index (χ4v) is 1.84. The Hall–Kier alpha value is -2.24. The monoisotopic (exact) mass is 250 g/mol. The number of nitrogens with zero attached hydrogens (tertiary/aromatic N) is 1. The van der Waals surface area contributed by atoms with Gasteiger partial charge in [-0.1, -0.05) is 0 Å². The average molecular weight is 250 g/mol. The van der Waals surface area contributed by atoms with Crippen molar-refractivity contribution in [3.05, 3.63) is 18.2 Å². The molecule has 0 saturated heterocycles. The van der Waals surface area contributed by atoms with Gasteiger partial charge < -0.3 is 20.5 Å². The molecule has 3 N–H and O–H groups in total. The molecule has 1 heterocycles. The maximum absolute atomic E-state index is 11.9. The van der Waals surface area contributed by atoms with Crippen LogP contribution in [0.15, 0.2) is 18.2 Å². The standard InChI is InChI=1S/C12H14N2O4/c13-8-1-2-9-10(7-8)18-6-5-14(9)11(15)3-4-12(16)17/h1-2,7H,3-6,13H2,(H,16,17). The van der Waals surface area contributed by atoms with Crippen molar-refractivity contribution in [1.29, 1.82) is 0 Å². The summed E-state index contributed by atoms with van der Waals surface area (Å²) in [5.41, 5.74) is 6.85. The summed E-state index contributed by atoms with van der Waals surface area (Å²) in [5.74, 6) is -0.634. The molecule has 0 saturated carbocycles. The molecule has 0 fully saturated rings. The van der Waals surface area contributed by atoms with Crippen LogP contribution in [0.5, 0.6) is 5.75 Å². The Balaban J connectivity index is 2.17. The number of aliphatic carboxylic acids is 1. The summed E-state index contributed by atoms with van der Waals surface area (Å²) in [4.78, 5) is 23.9. The Morgan fingerprint density at radius 2 is 2.17 bits per heavy atom. The topological polar surface area (TPSA) is 92.9 Å². The van der Waals surface area contributed by atoms with Gasteiger partial charge in [0.15, 0.2) is 0 Å². The van der Waals surface area contributed by atoms with Crippen molar-refractivity contribution in [1.82, 2.24) is 0 Å². The van der Waals surface area contributed by atoms with Crippen LogP contribution < -0.4 is 15.4 Å². The highest BCUT2D eigenvalue weighted by Crippen LogP contribution is 2.33. The number of ether oxygens (including phenoxy) is 1. The van der Waals surface area contributed by atoms with Crippen LogP contribution in [0.4, 0.5) is 11.4 Å². The molecule has 0 aromatic heterocycles. The Morgan fingerprint density at radius 3 is 2.89 bits per heavy atom. The summed E-state index contributed by atoms with van der Waals surface area (Å²) in [7, 11) is 0. The van der Waals surface area contributed by atoms with Crippen LogP contribution in [0, 0.1) is 0 Å². The number of hydrogen-bond donors (Lipinski definition) is 2. The number of anilines is 2. The molecular weight excluding hydrogens is 236 g/mol. The third kappa shape index (κ3) is 2.53. The summed E-state index contributed by atoms with van der Waals surface area (Å²) >= 11 is 0. The molecular formula is C12H14N2O4. The highest BCUT2D eigenvalue weighted by molar-refractivity contribution is 5.96. The second-order valence-electron chi connectivity index (χ2n) is 4.01. The van der Waals surface area contributed by atoms with Gasteiger partial charge in [-0.15, -0.1) is 0 Å². The number of amides is 1. The lowest BCUT2D eigenvalue weighted by Gasteiger charge is -2.29. The Bertz CT molecular complexity index is 487. The van der Waals surface area contributed by atoms with Crippen LogP contribution in [-0.4, -0.2) is 30.1 Å². The molecule has 2 rings (SSSR count). The van der Waals surface area contributed by atoms with E-state index in [1.165, 1.54) is 0 Å². The number of carboxylic acids is 1. The van der Waals surface area contributed by atoms with Gasteiger partial charge in [-0.3, -0.25) is 9.59 Å². The minimum Gasteiger partial charge on any atom is -0.489 e. The van der Waals surface area contributed by atoms with Crippen molar-refractivity contribution in [2.24, 2.45) is 0 Å². The number of carboxylic acid groups (broad SMARTS) is 1. The van der Waals surface area contributed by atoms with Gasteiger partial charge in [0.25, 0.3) is 0 Å². The molecule has 0 radical (unpaired) electrons. The second kappa shape index (κ2) is 4.95. The molecule has 96 valence electrons. The van der Waals surface area contributed by atoms with Crippen LogP contribution in [0.3, 0.4) is 0 Å². The molecule has 0 atom stereocenters. The first-order chi connectivity index (χ1) is 8.58. The van der Waals surface area contributed by atoms with Crippen molar-refractivity contribution in [3.8, 4) is 5.75 Å². The van der Waals surface area contributed by atoms with Crippen LogP contribution in [0.1, 0.15) is 12.8 Å². The Morgan fingerprint density at radius 1 is 1.39 bits per heavy atom. The minimum absolute atomic E-state index is 0.0147. The third-order valence-corrected chi connectivity index (χ3v) is 2.70. The van der Waals surface area contributed by atoms with E-state index >= 15 is 0 Å². The molecule has 1 aliphatic heterocycles. The summed E-state index contributed by atoms with van der Waals surface area (Å²) in [6.07, 6.45) is -0.181. The van der Waals surface area contributed by atoms with E-state index in [-0.39, 0.29) is 18.7 Å². The number of carbonyl (C=O) groups is 2. The first-order valence-corrected chi connectivity index (χ1v) is 5.62. The lowest BCUT2D eigenvalue weighted by Crippen LogP contribution is -2.38. The first-order valence-electron chi connectivity index (χ1n) is 5.62. The molecule has 1 aliphatic rings. The second-order valence-corrected chi connectivity index (χ2v) is 4.01. The molecule has 18 heavy (non-hydrogen) atoms. The predicted octanol–water partition coefficient (Wildman–Crippen LogP) is 0.859. The van der Waals surface area contributed by atoms with Crippen LogP contribution in [0.25, 0.3) is 0 Å². The molecule has 1 aromatic carbocycles. The van der Waals surface area contributed by atoms with E-state index in [4.69, 9.17) is 15.6 Å². The van der Waals surface area contributed by atoms with E-state index in [9.17, 15) is 9.59 Å². The van der Waals surface area contributed by atoms with E-state index in [0.717, 1.165) is 0 Å². The van der Waals surface area contributed by atoms with E-state index < -0.39 is 5.97 Å². The van der Waals surface area contributed by atoms with Crippen LogP contribution in [0.2, 0.25) is 0 Å². The zero-order valence-corrected chi connectivity index (χ0v) is 9.76. The molecule has 6 heteroatoms. The number of nitrogen functional groups attached to an aromatic ring is 1. The van der Waals surface area contributed by atoms with E-state index in [0.29, 0.717) is 30.3 Å². The zero-order valence-electron chi connectivity index (χ0n) is 9.76. The largest absolute Gasteiger partial charge is 0.489 e. The summed E-state index contributed by atoms with van der Waals surface area (Å²) in [6.45, 7) is 0.810. The normalized spacial score (nSPS) is 13.7. The summed E-state index contributed by atoms with van der Waals surface area (Å²) in [6, 6.07) is 5.06. The lowest BCUT2D eigenvalue weighted by molar-refractivity contribution is -0.138. The number of hydrogen-bond acceptors (Lipinski definition) is 4. The fourth-order valence-electron chi connectivity index (χ4n) is 1.84. The van der Waals surface area contributed by atoms with Crippen molar-refractivity contribution >= 4 is 23.3 Å². The summed E-state index contributed by atoms with van der Waals surface area (Å²) in [5, 5.41) is 8.58. The van der Waals surface area contributed by atoms with E-state index in [1.54, 1.807) is 23.1 Å². The van der Waals surface area contributed by atoms with E-state index in [2.05, 4.69) is 0 Å². The summed E-state index contributed by atoms with van der Waals surface area (Å²) < 4.78 is 5.42. The van der Waals surface area contributed by atoms with Crippen molar-refractivity contribution in [2.45, 2.75) is 12.8 Å². The highest BCUT2D eigenvalue weighted by atomic mass is 16.5. The fraction of sp³-hybridized carbons (Fsp3) is 0.333. The number of carbonyl (C=O) groups excluding carboxylic acids is 1. The maximum Gasteiger partial charge on any atom is 0.303 e. The minimum atomic E-state index is -0.978. The molecule has 0 aliphatic carbocycles. The van der Waals surface area contributed by atoms with Gasteiger partial charge in [-0.2, -0.15) is 0 Å². The first kappa shape index (κ1) is 12.2. The van der Waals surface area contributed by atoms with Crippen LogP contribution >= 0.6 is 0 Å². The number of rotatable bonds is 3. The number of nitrogens with two attached hydrogens (primary N) is 1. The number of fused-ring (bicyclic) bond motifs is 1. The number of benzene rings is 1. The lowest BCUT2D eigenvalue weighted by atomic mass is 10.2. The van der Waals surface area contributed by atoms with Crippen molar-refractivity contribution in [2.75, 3.05) is 23.8 Å². The van der Waals surface area contributed by atoms with Gasteiger partial charge in [-0.25, -0.2) is 0 Å². The Kier molecular flexibility index (Phi) is 3.36. The molecule has 1 aromatic rings. The SMILES string of the molecule is Nc1ccc2c(c1)OCCN2C(=O)CCC(=O)O. The van der Waals surface area contributed by atoms with Crippen molar-refractivity contribution < 1.29 is 19.4 Å². The van der Waals surface area contributed by atoms with Crippen LogP contribution in [-0.2, 0) is 9.59 Å². The van der Waals surface area contributed by atoms with Gasteiger partial charge in [0.1, 0.15) is 12.4 Å². The molecule has 6 nitrogen and oxygen atoms in total.